The molecule has 1 aromatic heterocycles. The van der Waals surface area contributed by atoms with E-state index < -0.39 is 0 Å². The van der Waals surface area contributed by atoms with Crippen LogP contribution in [0.2, 0.25) is 5.02 Å². The summed E-state index contributed by atoms with van der Waals surface area (Å²) in [7, 11) is 0. The minimum absolute atomic E-state index is 0.0160. The second kappa shape index (κ2) is 8.94. The highest BCUT2D eigenvalue weighted by Crippen LogP contribution is 2.28. The number of hydrogen-bond acceptors (Lipinski definition) is 6. The van der Waals surface area contributed by atoms with Gasteiger partial charge in [0.15, 0.2) is 11.6 Å². The van der Waals surface area contributed by atoms with Gasteiger partial charge in [-0.1, -0.05) is 11.6 Å². The number of piperazine rings is 1. The van der Waals surface area contributed by atoms with Crippen LogP contribution in [0.25, 0.3) is 0 Å². The minimum Gasteiger partial charge on any atom is -0.355 e. The van der Waals surface area contributed by atoms with Gasteiger partial charge in [-0.3, -0.25) is 9.59 Å². The van der Waals surface area contributed by atoms with E-state index in [0.717, 1.165) is 30.4 Å². The Morgan fingerprint density at radius 1 is 0.844 bits per heavy atom. The summed E-state index contributed by atoms with van der Waals surface area (Å²) >= 11 is 5.95. The molecule has 8 nitrogen and oxygen atoms in total. The Bertz CT molecular complexity index is 969. The predicted octanol–water partition coefficient (Wildman–Crippen LogP) is 2.43. The standard InChI is InChI=1S/C23H27ClN6O2/c24-18-3-5-19(6-4-18)30-16-17(15-22(30)31)23(32)29-13-11-28(12-14-29)21-8-7-20(25-26-21)27-9-1-2-10-27/h3-8,17H,1-2,9-16H2. The minimum atomic E-state index is -0.302. The van der Waals surface area contributed by atoms with Crippen molar-refractivity contribution in [3.8, 4) is 0 Å². The normalized spacial score (nSPS) is 21.5. The Morgan fingerprint density at radius 3 is 2.03 bits per heavy atom. The zero-order valence-electron chi connectivity index (χ0n) is 18.0. The van der Waals surface area contributed by atoms with Crippen molar-refractivity contribution in [3.63, 3.8) is 0 Å². The molecule has 168 valence electrons. The van der Waals surface area contributed by atoms with Crippen LogP contribution < -0.4 is 14.7 Å². The van der Waals surface area contributed by atoms with Crippen molar-refractivity contribution in [2.75, 3.05) is 60.5 Å². The molecule has 3 aliphatic heterocycles. The van der Waals surface area contributed by atoms with Gasteiger partial charge in [0.1, 0.15) is 0 Å². The largest absolute Gasteiger partial charge is 0.355 e. The van der Waals surface area contributed by atoms with E-state index in [4.69, 9.17) is 11.6 Å². The fraction of sp³-hybridized carbons (Fsp3) is 0.478. The molecule has 3 aliphatic rings. The monoisotopic (exact) mass is 454 g/mol. The van der Waals surface area contributed by atoms with Crippen LogP contribution in [0.4, 0.5) is 17.3 Å². The van der Waals surface area contributed by atoms with Crippen LogP contribution in [-0.4, -0.2) is 72.7 Å². The van der Waals surface area contributed by atoms with Crippen LogP contribution >= 0.6 is 11.6 Å². The van der Waals surface area contributed by atoms with Crippen LogP contribution in [0.5, 0.6) is 0 Å². The summed E-state index contributed by atoms with van der Waals surface area (Å²) in [6, 6.07) is 11.2. The molecule has 1 atom stereocenters. The molecule has 1 unspecified atom stereocenters. The lowest BCUT2D eigenvalue weighted by atomic mass is 10.1. The molecule has 1 aromatic carbocycles. The first-order chi connectivity index (χ1) is 15.6. The molecule has 4 heterocycles. The molecule has 2 amide bonds. The van der Waals surface area contributed by atoms with Crippen molar-refractivity contribution < 1.29 is 9.59 Å². The summed E-state index contributed by atoms with van der Waals surface area (Å²) in [5.74, 6) is 1.54. The maximum atomic E-state index is 13.1. The molecule has 3 fully saturated rings. The smallest absolute Gasteiger partial charge is 0.228 e. The van der Waals surface area contributed by atoms with Gasteiger partial charge in [0.2, 0.25) is 11.8 Å². The van der Waals surface area contributed by atoms with Crippen LogP contribution in [0.1, 0.15) is 19.3 Å². The van der Waals surface area contributed by atoms with Crippen LogP contribution in [0, 0.1) is 5.92 Å². The summed E-state index contributed by atoms with van der Waals surface area (Å²) in [6.07, 6.45) is 2.68. The summed E-state index contributed by atoms with van der Waals surface area (Å²) in [5.41, 5.74) is 0.787. The van der Waals surface area contributed by atoms with Gasteiger partial charge in [-0.15, -0.1) is 10.2 Å². The fourth-order valence-corrected chi connectivity index (χ4v) is 4.89. The van der Waals surface area contributed by atoms with Crippen molar-refractivity contribution in [2.24, 2.45) is 5.92 Å². The maximum Gasteiger partial charge on any atom is 0.228 e. The van der Waals surface area contributed by atoms with Crippen LogP contribution in [0.15, 0.2) is 36.4 Å². The molecule has 5 rings (SSSR count). The number of amides is 2. The summed E-state index contributed by atoms with van der Waals surface area (Å²) < 4.78 is 0. The van der Waals surface area contributed by atoms with Gasteiger partial charge in [-0.05, 0) is 49.2 Å². The van der Waals surface area contributed by atoms with Crippen molar-refractivity contribution in [1.29, 1.82) is 0 Å². The fourth-order valence-electron chi connectivity index (χ4n) is 4.76. The maximum absolute atomic E-state index is 13.1. The van der Waals surface area contributed by atoms with Gasteiger partial charge in [0, 0.05) is 62.9 Å². The Kier molecular flexibility index (Phi) is 5.87. The van der Waals surface area contributed by atoms with Gasteiger partial charge in [0.25, 0.3) is 0 Å². The second-order valence-corrected chi connectivity index (χ2v) is 9.07. The molecule has 2 aromatic rings. The molecular weight excluding hydrogens is 428 g/mol. The Hall–Kier alpha value is -2.87. The Balaban J connectivity index is 1.16. The van der Waals surface area contributed by atoms with E-state index in [0.29, 0.717) is 37.7 Å². The molecule has 0 saturated carbocycles. The van der Waals surface area contributed by atoms with E-state index in [1.807, 2.05) is 29.2 Å². The number of rotatable bonds is 4. The molecule has 0 spiro atoms. The van der Waals surface area contributed by atoms with Gasteiger partial charge >= 0.3 is 0 Å². The second-order valence-electron chi connectivity index (χ2n) is 8.64. The molecule has 32 heavy (non-hydrogen) atoms. The average molecular weight is 455 g/mol. The molecular formula is C23H27ClN6O2. The van der Waals surface area contributed by atoms with Crippen LogP contribution in [-0.2, 0) is 9.59 Å². The predicted molar refractivity (Wildman–Crippen MR) is 124 cm³/mol. The summed E-state index contributed by atoms with van der Waals surface area (Å²) in [6.45, 7) is 5.20. The zero-order valence-corrected chi connectivity index (χ0v) is 18.7. The van der Waals surface area contributed by atoms with E-state index in [9.17, 15) is 9.59 Å². The number of hydrogen-bond donors (Lipinski definition) is 0. The van der Waals surface area contributed by atoms with Gasteiger partial charge in [-0.2, -0.15) is 0 Å². The van der Waals surface area contributed by atoms with E-state index in [1.54, 1.807) is 17.0 Å². The third-order valence-electron chi connectivity index (χ3n) is 6.59. The number of nitrogens with zero attached hydrogens (tertiary/aromatic N) is 6. The van der Waals surface area contributed by atoms with Gasteiger partial charge in [-0.25, -0.2) is 0 Å². The van der Waals surface area contributed by atoms with E-state index >= 15 is 0 Å². The SMILES string of the molecule is O=C(C1CC(=O)N(c2ccc(Cl)cc2)C1)N1CCN(c2ccc(N3CCCC3)nn2)CC1. The Morgan fingerprint density at radius 2 is 1.44 bits per heavy atom. The van der Waals surface area contributed by atoms with Crippen molar-refractivity contribution in [2.45, 2.75) is 19.3 Å². The highest BCUT2D eigenvalue weighted by Gasteiger charge is 2.38. The molecule has 3 saturated heterocycles. The topological polar surface area (TPSA) is 72.9 Å². The molecule has 0 bridgehead atoms. The molecule has 9 heteroatoms. The first-order valence-electron chi connectivity index (χ1n) is 11.3. The average Bonchev–Trinajstić information content (AvgIpc) is 3.50. The number of carbonyl (C=O) groups is 2. The number of carbonyl (C=O) groups excluding carboxylic acids is 2. The molecule has 0 aliphatic carbocycles. The van der Waals surface area contributed by atoms with E-state index in [2.05, 4.69) is 20.0 Å². The first kappa shape index (κ1) is 21.0. The lowest BCUT2D eigenvalue weighted by Gasteiger charge is -2.36. The van der Waals surface area contributed by atoms with E-state index in [-0.39, 0.29) is 24.2 Å². The third kappa shape index (κ3) is 4.24. The van der Waals surface area contributed by atoms with Gasteiger partial charge < -0.3 is 19.6 Å². The Labute approximate surface area is 192 Å². The number of aromatic nitrogens is 2. The first-order valence-corrected chi connectivity index (χ1v) is 11.6. The summed E-state index contributed by atoms with van der Waals surface area (Å²) in [5, 5.41) is 9.46. The molecule has 0 N–H and O–H groups in total. The van der Waals surface area contributed by atoms with Crippen molar-refractivity contribution >= 4 is 40.7 Å². The lowest BCUT2D eigenvalue weighted by molar-refractivity contribution is -0.136. The lowest BCUT2D eigenvalue weighted by Crippen LogP contribution is -2.51. The third-order valence-corrected chi connectivity index (χ3v) is 6.85. The number of anilines is 3. The number of halogens is 1. The number of benzene rings is 1. The highest BCUT2D eigenvalue weighted by atomic mass is 35.5. The van der Waals surface area contributed by atoms with Crippen molar-refractivity contribution in [3.05, 3.63) is 41.4 Å². The summed E-state index contributed by atoms with van der Waals surface area (Å²) in [4.78, 5) is 33.6. The van der Waals surface area contributed by atoms with Crippen molar-refractivity contribution in [1.82, 2.24) is 15.1 Å². The van der Waals surface area contributed by atoms with Gasteiger partial charge in [0.05, 0.1) is 5.92 Å². The zero-order chi connectivity index (χ0) is 22.1. The highest BCUT2D eigenvalue weighted by molar-refractivity contribution is 6.30. The van der Waals surface area contributed by atoms with E-state index in [1.165, 1.54) is 12.8 Å². The van der Waals surface area contributed by atoms with Crippen LogP contribution in [0.3, 0.4) is 0 Å². The molecule has 0 radical (unpaired) electrons. The quantitative estimate of drug-likeness (QED) is 0.706.